The lowest BCUT2D eigenvalue weighted by Crippen LogP contribution is -2.61. The fourth-order valence-electron chi connectivity index (χ4n) is 13.6. The standard InChI is InChI=1S/C23H36ClN5O5.C21H35N5O4.C2H2Cl2O.CH4.H57P55/c1-12(30)26-18(22(2,3)4)21(34)28-11-14-16(23(14,5)6)17(28)20(33)27-29(15(31)9-24)10-13-7-8-25-19(13)32;1-11(27)24-16(20(2,3)4)19(30)26-10-13-14(21(13,5)6)15(26)18(29)25-23-9-12-7-8-22-17(12)28;3-1-2(4)5;;1-29-43(28)50(42(26)27)54(51(44(30(2)3)31(4)5)45(32(6)7)33(8)9)55(52(46(34(10)11)35(12)13)47(36(14)15)37(16)17)53(48(38(18)19)39(20)21)49(40(22)23)41(24)25/h13-14,16-18H,7-11H2,1-6H3,(H,25,32)(H,26,30)(H,27,33);12-16,23H,7-10H2,1-6H3,(H,22,28)(H,24,27)(H,25,29);1H2;1H4;29H,1-28H2/t13-,14-,16-,17-,18+;12-,13-,14-,15-,16+;;;/m00.../s1. The molecular formula is C47H134Cl3N10O10P55. The highest BCUT2D eigenvalue weighted by Crippen LogP contribution is 3.47. The number of likely N-dealkylation sites (tertiary alicyclic amines) is 2. The molecule has 728 valence electrons. The molecule has 6 fully saturated rings. The summed E-state index contributed by atoms with van der Waals surface area (Å²) >= 11 is 15.3. The number of nitrogens with zero attached hydrogens (tertiary/aromatic N) is 3. The number of fused-ring (bicyclic) bond motifs is 2. The minimum absolute atomic E-state index is 0. The van der Waals surface area contributed by atoms with Gasteiger partial charge in [0, 0.05) is 46.6 Å². The fourth-order valence-corrected chi connectivity index (χ4v) is 798. The molecule has 32 unspecified atom stereocenters. The highest BCUT2D eigenvalue weighted by Gasteiger charge is 2.72. The van der Waals surface area contributed by atoms with Crippen LogP contribution in [-0.2, 0) is 47.9 Å². The van der Waals surface area contributed by atoms with Crippen molar-refractivity contribution >= 4 is 533 Å². The zero-order chi connectivity index (χ0) is 96.0. The molecule has 2 saturated carbocycles. The normalized spacial score (nSPS) is 22.3. The largest absolute Gasteiger partial charge is 0.356 e. The van der Waals surface area contributed by atoms with E-state index in [1.807, 2.05) is 41.5 Å². The maximum absolute atomic E-state index is 13.6. The van der Waals surface area contributed by atoms with Crippen LogP contribution < -0.4 is 37.5 Å². The molecule has 4 saturated heterocycles. The van der Waals surface area contributed by atoms with Gasteiger partial charge in [-0.2, -0.15) is 0 Å². The van der Waals surface area contributed by atoms with E-state index in [1.54, 1.807) is 4.90 Å². The number of carbonyl (C=O) groups is 10. The summed E-state index contributed by atoms with van der Waals surface area (Å²) in [6.07, 6.45) is 1.29. The number of amides is 9. The highest BCUT2D eigenvalue weighted by atomic mass is 35.5. The average molecular weight is 2810 g/mol. The zero-order valence-electron chi connectivity index (χ0n) is 70.2. The van der Waals surface area contributed by atoms with Crippen molar-refractivity contribution in [3.63, 3.8) is 0 Å². The van der Waals surface area contributed by atoms with E-state index in [4.69, 9.17) is 34.8 Å². The highest BCUT2D eigenvalue weighted by molar-refractivity contribution is 9.53. The summed E-state index contributed by atoms with van der Waals surface area (Å²) < 4.78 is 0. The SMILES string of the molecule is C.CC(=O)N[C@H](C(=O)N1C[C@H]2[C@@H]([C@H]1C(=O)NN(C[C@@H]1CCNC1=O)C(=O)CCl)C2(C)C)C(C)(C)C.CC(=O)N[C@H](C(=O)N1C[C@H]2[C@@H]([C@H]1C(=O)NNC[C@@H]1CCNC1=O)C2(C)C)C(C)(C)C.O=C(Cl)CCl.PPP(P)P(P(P)P)P(P(P(P(P)P)P(P)P)P(P(P)P)P(P)P)P(P(P(P(P)P)P(P)P)P(P(P)P)P(P)P)P(P(P(P)P)P(P)P)P(P(P)P)P(P)P. The topological polar surface area (TPSA) is 265 Å². The van der Waals surface area contributed by atoms with Gasteiger partial charge in [-0.1, -0.05) is 84.6 Å². The van der Waals surface area contributed by atoms with E-state index < -0.39 is 58.0 Å². The minimum atomic E-state index is -0.802. The van der Waals surface area contributed by atoms with E-state index in [9.17, 15) is 47.9 Å². The molecule has 0 aromatic rings. The van der Waals surface area contributed by atoms with E-state index >= 15 is 0 Å². The van der Waals surface area contributed by atoms with Crippen LogP contribution in [0.1, 0.15) is 103 Å². The van der Waals surface area contributed by atoms with Crippen LogP contribution in [0.25, 0.3) is 0 Å². The summed E-state index contributed by atoms with van der Waals surface area (Å²) in [5, 5.41) is 11.6. The fraction of sp³-hybridized carbons (Fsp3) is 0.787. The molecule has 20 nitrogen and oxygen atoms in total. The Hall–Kier alpha value is 19.4. The maximum atomic E-state index is 13.6. The number of hydrazine groups is 2. The van der Waals surface area contributed by atoms with Crippen molar-refractivity contribution in [3.8, 4) is 0 Å². The van der Waals surface area contributed by atoms with Crippen molar-refractivity contribution in [1.29, 1.82) is 0 Å². The van der Waals surface area contributed by atoms with Gasteiger partial charge in [-0.3, -0.25) is 63.8 Å². The summed E-state index contributed by atoms with van der Waals surface area (Å²) in [5.41, 5.74) is 7.07. The molecule has 42 atom stereocenters. The monoisotopic (exact) mass is 2810 g/mol. The Morgan fingerprint density at radius 1 is 0.464 bits per heavy atom. The third-order valence-corrected chi connectivity index (χ3v) is 402. The number of rotatable bonds is 39. The molecule has 6 rings (SSSR count). The van der Waals surface area contributed by atoms with Crippen molar-refractivity contribution < 1.29 is 47.9 Å². The Morgan fingerprint density at radius 2 is 0.736 bits per heavy atom. The molecule has 0 aromatic heterocycles. The van der Waals surface area contributed by atoms with Gasteiger partial charge in [-0.25, -0.2) is 5.43 Å². The Bertz CT molecular complexity index is 3380. The van der Waals surface area contributed by atoms with Crippen LogP contribution in [0.3, 0.4) is 0 Å². The summed E-state index contributed by atoms with van der Waals surface area (Å²) in [6.45, 7) is 19.9. The summed E-state index contributed by atoms with van der Waals surface area (Å²) in [6, 6.07) is -2.90. The van der Waals surface area contributed by atoms with Gasteiger partial charge >= 0.3 is 0 Å². The van der Waals surface area contributed by atoms with Crippen LogP contribution in [0.15, 0.2) is 0 Å². The first-order chi connectivity index (χ1) is 56.9. The first-order valence-electron chi connectivity index (χ1n) is 35.9. The Morgan fingerprint density at radius 3 is 0.976 bits per heavy atom. The van der Waals surface area contributed by atoms with Crippen LogP contribution in [0, 0.1) is 57.2 Å². The first-order valence-corrected chi connectivity index (χ1v) is 137. The van der Waals surface area contributed by atoms with Crippen LogP contribution >= 0.6 is 474 Å². The summed E-state index contributed by atoms with van der Waals surface area (Å²) in [7, 11) is 99.5. The Balaban J connectivity index is 0.000000646. The van der Waals surface area contributed by atoms with Gasteiger partial charge in [0.15, 0.2) is 0 Å². The molecular weight excluding hydrogens is 2670 g/mol. The van der Waals surface area contributed by atoms with E-state index in [2.05, 4.69) is 315 Å². The number of carbonyl (C=O) groups excluding carboxylic acids is 10. The molecule has 0 radical (unpaired) electrons. The maximum Gasteiger partial charge on any atom is 0.261 e. The van der Waals surface area contributed by atoms with Crippen molar-refractivity contribution in [3.05, 3.63) is 0 Å². The molecule has 0 spiro atoms. The first kappa shape index (κ1) is 140. The van der Waals surface area contributed by atoms with Crippen molar-refractivity contribution in [2.45, 2.75) is 128 Å². The van der Waals surface area contributed by atoms with Crippen LogP contribution in [0.2, 0.25) is 0 Å². The van der Waals surface area contributed by atoms with Gasteiger partial charge in [-0.05, 0) is 251 Å². The van der Waals surface area contributed by atoms with Gasteiger partial charge in [0.1, 0.15) is 30.0 Å². The second-order valence-electron chi connectivity index (χ2n) is 30.9. The number of alkyl halides is 2. The quantitative estimate of drug-likeness (QED) is 0.0132. The summed E-state index contributed by atoms with van der Waals surface area (Å²) in [4.78, 5) is 126. The van der Waals surface area contributed by atoms with Gasteiger partial charge in [0.2, 0.25) is 40.7 Å². The lowest BCUT2D eigenvalue weighted by Gasteiger charge is -2.59. The second-order valence-corrected chi connectivity index (χ2v) is 256. The Labute approximate surface area is 859 Å². The van der Waals surface area contributed by atoms with Gasteiger partial charge in [-0.15, -0.1) is 273 Å². The van der Waals surface area contributed by atoms with Gasteiger partial charge in [0.25, 0.3) is 17.7 Å². The lowest BCUT2D eigenvalue weighted by atomic mass is 9.85. The smallest absolute Gasteiger partial charge is 0.261 e. The number of piperidine rings is 2. The molecule has 78 heteroatoms. The van der Waals surface area contributed by atoms with E-state index in [1.165, 1.54) is 18.7 Å². The predicted molar refractivity (Wildman–Crippen MR) is 724 cm³/mol. The second kappa shape index (κ2) is 66.9. The van der Waals surface area contributed by atoms with E-state index in [0.717, 1.165) is 19.4 Å². The third kappa shape index (κ3) is 42.6. The van der Waals surface area contributed by atoms with Gasteiger partial charge < -0.3 is 31.1 Å². The van der Waals surface area contributed by atoms with Crippen molar-refractivity contribution in [2.75, 3.05) is 51.0 Å². The molecule has 0 aromatic carbocycles. The molecule has 4 heterocycles. The molecule has 125 heavy (non-hydrogen) atoms. The van der Waals surface area contributed by atoms with Crippen molar-refractivity contribution in [1.82, 2.24) is 52.4 Å². The zero-order valence-corrected chi connectivity index (χ0v) is 129. The molecule has 7 N–H and O–H groups in total. The number of hydrogen-bond acceptors (Lipinski definition) is 11. The van der Waals surface area contributed by atoms with Crippen LogP contribution in [0.5, 0.6) is 0 Å². The third-order valence-electron chi connectivity index (χ3n) is 19.3. The summed E-state index contributed by atoms with van der Waals surface area (Å²) in [5.74, 6) is -3.26. The number of hydrogen-bond donors (Lipinski definition) is 7. The minimum Gasteiger partial charge on any atom is -0.356 e. The molecule has 0 bridgehead atoms. The molecule has 4 aliphatic heterocycles. The van der Waals surface area contributed by atoms with Crippen LogP contribution in [0.4, 0.5) is 0 Å². The molecule has 9 amide bonds. The van der Waals surface area contributed by atoms with Crippen molar-refractivity contribution in [2.24, 2.45) is 57.2 Å². The number of nitrogens with one attached hydrogen (secondary N) is 7. The average Bonchev–Trinajstić information content (AvgIpc) is 1.53. The van der Waals surface area contributed by atoms with E-state index in [0.29, 0.717) is 39.1 Å². The van der Waals surface area contributed by atoms with Crippen LogP contribution in [-0.4, -0.2) is 148 Å². The van der Waals surface area contributed by atoms with Gasteiger partial charge in [0.05, 0.1) is 24.3 Å². The number of halogens is 3. The van der Waals surface area contributed by atoms with E-state index in [-0.39, 0.29) is 289 Å². The lowest BCUT2D eigenvalue weighted by molar-refractivity contribution is -0.149. The Kier molecular flexibility index (Phi) is 75.2. The molecule has 6 aliphatic rings. The predicted octanol–water partition coefficient (Wildman–Crippen LogP) is 33.8. The molecule has 2 aliphatic carbocycles.